The van der Waals surface area contributed by atoms with Crippen LogP contribution in [0.15, 0.2) is 4.99 Å². The van der Waals surface area contributed by atoms with E-state index in [0.717, 1.165) is 18.9 Å². The van der Waals surface area contributed by atoms with Crippen molar-refractivity contribution in [1.29, 1.82) is 0 Å². The van der Waals surface area contributed by atoms with Crippen molar-refractivity contribution in [2.75, 3.05) is 6.54 Å². The first-order chi connectivity index (χ1) is 20.1. The van der Waals surface area contributed by atoms with Crippen LogP contribution in [0.4, 0.5) is 0 Å². The van der Waals surface area contributed by atoms with E-state index in [9.17, 15) is 4.79 Å². The van der Waals surface area contributed by atoms with Crippen LogP contribution in [-0.4, -0.2) is 18.6 Å². The van der Waals surface area contributed by atoms with Gasteiger partial charge in [0.15, 0.2) is 0 Å². The summed E-state index contributed by atoms with van der Waals surface area (Å²) in [6.07, 6.45) is 46.0. The van der Waals surface area contributed by atoms with Crippen molar-refractivity contribution in [2.45, 2.75) is 212 Å². The molecule has 0 unspecified atom stereocenters. The van der Waals surface area contributed by atoms with Crippen molar-refractivity contribution in [2.24, 2.45) is 4.99 Å². The Hall–Kier alpha value is 0.467. The summed E-state index contributed by atoms with van der Waals surface area (Å²) in [5.41, 5.74) is 0. The summed E-state index contributed by atoms with van der Waals surface area (Å²) < 4.78 is 0. The number of hydrogen-bond acceptors (Lipinski definition) is 2. The molecule has 0 radical (unpaired) electrons. The van der Waals surface area contributed by atoms with Gasteiger partial charge in [0.05, 0.1) is 6.54 Å². The normalized spacial score (nSPS) is 11.7. The van der Waals surface area contributed by atoms with Gasteiger partial charge < -0.3 is 0 Å². The van der Waals surface area contributed by atoms with Crippen molar-refractivity contribution < 1.29 is 4.79 Å². The van der Waals surface area contributed by atoms with Gasteiger partial charge in [-0.05, 0) is 12.5 Å². The highest BCUT2D eigenvalue weighted by molar-refractivity contribution is 7.64. The Morgan fingerprint density at radius 1 is 0.341 bits per heavy atom. The van der Waals surface area contributed by atoms with Gasteiger partial charge in [0.2, 0.25) is 6.08 Å². The van der Waals surface area contributed by atoms with Crippen LogP contribution in [0.5, 0.6) is 0 Å². The lowest BCUT2D eigenvalue weighted by atomic mass is 10.0. The van der Waals surface area contributed by atoms with Crippen molar-refractivity contribution in [1.82, 2.24) is 0 Å². The molecule has 0 aromatic heterocycles. The Labute approximate surface area is 272 Å². The number of nitrogens with zero attached hydrogens (tertiary/aromatic N) is 1. The molecule has 0 aromatic rings. The summed E-state index contributed by atoms with van der Waals surface area (Å²) >= 11 is 17.8. The van der Waals surface area contributed by atoms with E-state index in [4.69, 9.17) is 33.2 Å². The summed E-state index contributed by atoms with van der Waals surface area (Å²) in [6.45, 7) is 0.665. The summed E-state index contributed by atoms with van der Waals surface area (Å²) in [4.78, 5) is 13.6. The molecular formula is C35H68Cl3NOSi. The second-order valence-electron chi connectivity index (χ2n) is 12.7. The lowest BCUT2D eigenvalue weighted by molar-refractivity contribution is 0.512. The van der Waals surface area contributed by atoms with Gasteiger partial charge in [0, 0.05) is 0 Å². The molecule has 0 amide bonds. The lowest BCUT2D eigenvalue weighted by Gasteiger charge is -2.07. The Morgan fingerprint density at radius 3 is 0.732 bits per heavy atom. The highest BCUT2D eigenvalue weighted by atomic mass is 35.8. The van der Waals surface area contributed by atoms with Crippen molar-refractivity contribution in [3.05, 3.63) is 0 Å². The number of rotatable bonds is 35. The van der Waals surface area contributed by atoms with Gasteiger partial charge in [-0.1, -0.05) is 199 Å². The van der Waals surface area contributed by atoms with Crippen LogP contribution in [-0.2, 0) is 4.79 Å². The van der Waals surface area contributed by atoms with E-state index in [-0.39, 0.29) is 0 Å². The Morgan fingerprint density at radius 2 is 0.537 bits per heavy atom. The van der Waals surface area contributed by atoms with Crippen LogP contribution >= 0.6 is 33.2 Å². The minimum atomic E-state index is -2.37. The predicted molar refractivity (Wildman–Crippen MR) is 189 cm³/mol. The van der Waals surface area contributed by atoms with Crippen LogP contribution < -0.4 is 0 Å². The first kappa shape index (κ1) is 41.5. The number of halogens is 3. The maximum atomic E-state index is 9.99. The summed E-state index contributed by atoms with van der Waals surface area (Å²) in [5.74, 6) is 0. The van der Waals surface area contributed by atoms with Crippen LogP contribution in [0.3, 0.4) is 0 Å². The third kappa shape index (κ3) is 40.5. The number of carbonyl (C=O) groups excluding carboxylic acids is 1. The fourth-order valence-corrected chi connectivity index (χ4v) is 7.72. The topological polar surface area (TPSA) is 29.4 Å². The molecule has 0 saturated carbocycles. The summed E-state index contributed by atoms with van der Waals surface area (Å²) in [5, 5.41) is 0. The van der Waals surface area contributed by atoms with Gasteiger partial charge >= 0.3 is 6.00 Å². The first-order valence-corrected chi connectivity index (χ1v) is 23.4. The Balaban J connectivity index is 3.05. The van der Waals surface area contributed by atoms with Gasteiger partial charge in [0.1, 0.15) is 0 Å². The predicted octanol–water partition coefficient (Wildman–Crippen LogP) is 14.5. The van der Waals surface area contributed by atoms with E-state index >= 15 is 0 Å². The zero-order valence-corrected chi connectivity index (χ0v) is 30.3. The van der Waals surface area contributed by atoms with Gasteiger partial charge in [-0.3, -0.25) is 0 Å². The molecule has 6 heteroatoms. The molecule has 0 aliphatic carbocycles. The molecule has 0 bridgehead atoms. The minimum absolute atomic E-state index is 0.665. The molecule has 0 fully saturated rings. The minimum Gasteiger partial charge on any atom is -0.211 e. The molecule has 0 heterocycles. The molecule has 0 rings (SSSR count). The average Bonchev–Trinajstić information content (AvgIpc) is 2.94. The molecular weight excluding hydrogens is 585 g/mol. The SMILES string of the molecule is O=C=NCCCCCCCCCCCCCCCCCCCCCCCCCCCCCCCCCC[Si](Cl)(Cl)Cl. The summed E-state index contributed by atoms with van der Waals surface area (Å²) in [7, 11) is 0. The van der Waals surface area contributed by atoms with E-state index < -0.39 is 6.00 Å². The van der Waals surface area contributed by atoms with E-state index in [1.165, 1.54) is 193 Å². The van der Waals surface area contributed by atoms with E-state index in [1.54, 1.807) is 6.08 Å². The molecule has 41 heavy (non-hydrogen) atoms. The Kier molecular flexibility index (Phi) is 35.3. The highest BCUT2D eigenvalue weighted by Crippen LogP contribution is 2.27. The number of isocyanates is 1. The first-order valence-electron chi connectivity index (χ1n) is 18.2. The van der Waals surface area contributed by atoms with Crippen molar-refractivity contribution in [3.8, 4) is 0 Å². The van der Waals surface area contributed by atoms with E-state index in [2.05, 4.69) is 4.99 Å². The molecule has 0 aliphatic rings. The molecule has 0 atom stereocenters. The molecule has 0 saturated heterocycles. The number of unbranched alkanes of at least 4 members (excludes halogenated alkanes) is 31. The molecule has 244 valence electrons. The van der Waals surface area contributed by atoms with Crippen LogP contribution in [0.2, 0.25) is 6.04 Å². The monoisotopic (exact) mass is 651 g/mol. The van der Waals surface area contributed by atoms with Gasteiger partial charge in [-0.15, -0.1) is 33.2 Å². The third-order valence-electron chi connectivity index (χ3n) is 8.54. The Bertz CT molecular complexity index is 552. The molecule has 0 N–H and O–H groups in total. The second kappa shape index (κ2) is 35.0. The fourth-order valence-electron chi connectivity index (χ4n) is 5.87. The van der Waals surface area contributed by atoms with Gasteiger partial charge in [-0.25, -0.2) is 9.79 Å². The highest BCUT2D eigenvalue weighted by Gasteiger charge is 2.23. The van der Waals surface area contributed by atoms with E-state index in [1.807, 2.05) is 0 Å². The molecule has 0 spiro atoms. The van der Waals surface area contributed by atoms with Gasteiger partial charge in [-0.2, -0.15) is 0 Å². The maximum absolute atomic E-state index is 9.99. The zero-order chi connectivity index (χ0) is 30.0. The summed E-state index contributed by atoms with van der Waals surface area (Å²) in [6, 6.07) is -1.55. The van der Waals surface area contributed by atoms with Gasteiger partial charge in [0.25, 0.3) is 0 Å². The average molecular weight is 653 g/mol. The number of hydrogen-bond donors (Lipinski definition) is 0. The third-order valence-corrected chi connectivity index (χ3v) is 11.2. The molecule has 0 aromatic carbocycles. The van der Waals surface area contributed by atoms with Crippen molar-refractivity contribution >= 4 is 45.3 Å². The quantitative estimate of drug-likeness (QED) is 0.0220. The zero-order valence-electron chi connectivity index (χ0n) is 27.0. The van der Waals surface area contributed by atoms with Crippen LogP contribution in [0.1, 0.15) is 205 Å². The number of aliphatic imine (C=N–C) groups is 1. The maximum Gasteiger partial charge on any atom is 0.341 e. The van der Waals surface area contributed by atoms with Crippen LogP contribution in [0.25, 0.3) is 0 Å². The van der Waals surface area contributed by atoms with E-state index in [0.29, 0.717) is 6.54 Å². The largest absolute Gasteiger partial charge is 0.341 e. The van der Waals surface area contributed by atoms with Crippen LogP contribution in [0, 0.1) is 0 Å². The lowest BCUT2D eigenvalue weighted by Crippen LogP contribution is -2.07. The molecule has 0 aliphatic heterocycles. The smallest absolute Gasteiger partial charge is 0.211 e. The van der Waals surface area contributed by atoms with Crippen molar-refractivity contribution in [3.63, 3.8) is 0 Å². The standard InChI is InChI=1S/C35H68Cl3NOSi/c36-41(37,38)34-32-30-28-26-24-22-20-18-16-14-12-10-8-6-4-2-1-3-5-7-9-11-13-15-17-19-21-23-25-27-29-31-33-39-35-40/h1-34H2. The second-order valence-corrected chi connectivity index (χ2v) is 21.9. The fraction of sp³-hybridized carbons (Fsp3) is 0.971. The molecule has 2 nitrogen and oxygen atoms in total.